The minimum absolute atomic E-state index is 0.0630. The van der Waals surface area contributed by atoms with Crippen molar-refractivity contribution in [1.29, 1.82) is 0 Å². The summed E-state index contributed by atoms with van der Waals surface area (Å²) in [4.78, 5) is -0.328. The van der Waals surface area contributed by atoms with Gasteiger partial charge in [0.2, 0.25) is 0 Å². The van der Waals surface area contributed by atoms with Gasteiger partial charge in [-0.15, -0.1) is 0 Å². The Labute approximate surface area is 133 Å². The van der Waals surface area contributed by atoms with Crippen LogP contribution < -0.4 is 4.72 Å². The monoisotopic (exact) mass is 397 g/mol. The molecule has 0 atom stereocenters. The highest BCUT2D eigenvalue weighted by Gasteiger charge is 2.19. The zero-order valence-corrected chi connectivity index (χ0v) is 13.6. The normalized spacial score (nSPS) is 11.4. The summed E-state index contributed by atoms with van der Waals surface area (Å²) in [5.74, 6) is -0.688. The third-order valence-electron chi connectivity index (χ3n) is 2.35. The Morgan fingerprint density at radius 1 is 1.05 bits per heavy atom. The van der Waals surface area contributed by atoms with Gasteiger partial charge in [0.1, 0.15) is 10.7 Å². The van der Waals surface area contributed by atoms with Crippen LogP contribution in [0.15, 0.2) is 45.8 Å². The number of hydrogen-bond acceptors (Lipinski definition) is 2. The maximum absolute atomic E-state index is 13.2. The summed E-state index contributed by atoms with van der Waals surface area (Å²) in [6, 6.07) is 7.63. The summed E-state index contributed by atoms with van der Waals surface area (Å²) in [5.41, 5.74) is 0.279. The predicted molar refractivity (Wildman–Crippen MR) is 81.4 cm³/mol. The summed E-state index contributed by atoms with van der Waals surface area (Å²) < 4.78 is 40.3. The summed E-state index contributed by atoms with van der Waals surface area (Å²) in [6.45, 7) is 0. The molecule has 0 aromatic heterocycles. The van der Waals surface area contributed by atoms with E-state index in [1.165, 1.54) is 24.3 Å². The third kappa shape index (κ3) is 3.44. The van der Waals surface area contributed by atoms with Crippen molar-refractivity contribution in [1.82, 2.24) is 0 Å². The molecule has 0 aliphatic carbocycles. The Morgan fingerprint density at radius 3 is 2.35 bits per heavy atom. The molecule has 0 radical (unpaired) electrons. The van der Waals surface area contributed by atoms with Gasteiger partial charge in [-0.1, -0.05) is 23.2 Å². The zero-order chi connectivity index (χ0) is 14.9. The molecule has 2 aromatic carbocycles. The van der Waals surface area contributed by atoms with Gasteiger partial charge in [-0.05, 0) is 52.3 Å². The molecule has 0 saturated heterocycles. The van der Waals surface area contributed by atoms with Crippen molar-refractivity contribution in [3.63, 3.8) is 0 Å². The van der Waals surface area contributed by atoms with Crippen LogP contribution in [-0.2, 0) is 10.0 Å². The molecular weight excluding hydrogens is 392 g/mol. The Balaban J connectivity index is 2.40. The molecule has 0 aliphatic heterocycles. The molecule has 2 rings (SSSR count). The van der Waals surface area contributed by atoms with E-state index in [0.29, 0.717) is 9.50 Å². The minimum atomic E-state index is -3.98. The number of benzene rings is 2. The van der Waals surface area contributed by atoms with Gasteiger partial charge in [0.15, 0.2) is 0 Å². The van der Waals surface area contributed by atoms with E-state index in [0.717, 1.165) is 12.1 Å². The second-order valence-electron chi connectivity index (χ2n) is 3.81. The van der Waals surface area contributed by atoms with Crippen molar-refractivity contribution in [3.8, 4) is 0 Å². The fourth-order valence-electron chi connectivity index (χ4n) is 1.45. The van der Waals surface area contributed by atoms with Crippen molar-refractivity contribution in [3.05, 3.63) is 56.7 Å². The maximum Gasteiger partial charge on any atom is 0.263 e. The van der Waals surface area contributed by atoms with Crippen LogP contribution in [0.3, 0.4) is 0 Å². The summed E-state index contributed by atoms with van der Waals surface area (Å²) in [7, 11) is -3.98. The first-order chi connectivity index (χ1) is 9.29. The number of nitrogens with one attached hydrogen (secondary N) is 1. The Bertz CT molecular complexity index is 768. The van der Waals surface area contributed by atoms with E-state index < -0.39 is 15.8 Å². The molecular formula is C12H7BrCl2FNO2S. The van der Waals surface area contributed by atoms with E-state index in [1.54, 1.807) is 0 Å². The molecule has 8 heteroatoms. The maximum atomic E-state index is 13.2. The van der Waals surface area contributed by atoms with Crippen LogP contribution in [0, 0.1) is 5.82 Å². The largest absolute Gasteiger partial charge is 0.280 e. The molecule has 0 bridgehead atoms. The number of rotatable bonds is 3. The van der Waals surface area contributed by atoms with E-state index in [-0.39, 0.29) is 15.6 Å². The summed E-state index contributed by atoms with van der Waals surface area (Å²) >= 11 is 14.8. The molecule has 106 valence electrons. The molecule has 3 nitrogen and oxygen atoms in total. The highest BCUT2D eigenvalue weighted by atomic mass is 79.9. The predicted octanol–water partition coefficient (Wildman–Crippen LogP) is 4.70. The first-order valence-electron chi connectivity index (χ1n) is 5.22. The lowest BCUT2D eigenvalue weighted by atomic mass is 10.3. The van der Waals surface area contributed by atoms with Gasteiger partial charge in [0.25, 0.3) is 10.0 Å². The van der Waals surface area contributed by atoms with Crippen LogP contribution in [0.5, 0.6) is 0 Å². The molecule has 0 saturated carbocycles. The standard InChI is InChI=1S/C12H7BrCl2FNO2S/c13-9-6-8(2-4-10(9)14)17-20(18,19)12-5-7(16)1-3-11(12)15/h1-6,17H. The van der Waals surface area contributed by atoms with Gasteiger partial charge >= 0.3 is 0 Å². The van der Waals surface area contributed by atoms with Crippen LogP contribution in [0.4, 0.5) is 10.1 Å². The molecule has 20 heavy (non-hydrogen) atoms. The Hall–Kier alpha value is -0.820. The van der Waals surface area contributed by atoms with E-state index in [4.69, 9.17) is 23.2 Å². The average Bonchev–Trinajstić information content (AvgIpc) is 2.36. The summed E-state index contributed by atoms with van der Waals surface area (Å²) in [6.07, 6.45) is 0. The smallest absolute Gasteiger partial charge is 0.263 e. The molecule has 0 heterocycles. The van der Waals surface area contributed by atoms with E-state index in [2.05, 4.69) is 20.7 Å². The second kappa shape index (κ2) is 5.89. The van der Waals surface area contributed by atoms with Gasteiger partial charge in [-0.2, -0.15) is 0 Å². The van der Waals surface area contributed by atoms with E-state index in [9.17, 15) is 12.8 Å². The van der Waals surface area contributed by atoms with Gasteiger partial charge in [-0.3, -0.25) is 4.72 Å². The fraction of sp³-hybridized carbons (Fsp3) is 0. The number of anilines is 1. The molecule has 1 N–H and O–H groups in total. The Morgan fingerprint density at radius 2 is 1.70 bits per heavy atom. The van der Waals surface area contributed by atoms with Gasteiger partial charge in [0, 0.05) is 4.47 Å². The van der Waals surface area contributed by atoms with Crippen molar-refractivity contribution >= 4 is 54.8 Å². The number of halogens is 4. The van der Waals surface area contributed by atoms with E-state index >= 15 is 0 Å². The molecule has 0 spiro atoms. The fourth-order valence-corrected chi connectivity index (χ4v) is 3.51. The SMILES string of the molecule is O=S(=O)(Nc1ccc(Cl)c(Br)c1)c1cc(F)ccc1Cl. The second-order valence-corrected chi connectivity index (χ2v) is 7.13. The first kappa shape index (κ1) is 15.6. The van der Waals surface area contributed by atoms with Gasteiger partial charge in [-0.25, -0.2) is 12.8 Å². The third-order valence-corrected chi connectivity index (χ3v) is 5.43. The van der Waals surface area contributed by atoms with Crippen LogP contribution in [0.2, 0.25) is 10.0 Å². The van der Waals surface area contributed by atoms with Crippen molar-refractivity contribution in [2.75, 3.05) is 4.72 Å². The lowest BCUT2D eigenvalue weighted by Crippen LogP contribution is -2.13. The topological polar surface area (TPSA) is 46.2 Å². The van der Waals surface area contributed by atoms with Crippen LogP contribution in [0.25, 0.3) is 0 Å². The molecule has 0 unspecified atom stereocenters. The lowest BCUT2D eigenvalue weighted by Gasteiger charge is -2.10. The molecule has 2 aromatic rings. The number of sulfonamides is 1. The van der Waals surface area contributed by atoms with Crippen LogP contribution in [0.1, 0.15) is 0 Å². The van der Waals surface area contributed by atoms with Crippen molar-refractivity contribution < 1.29 is 12.8 Å². The molecule has 0 fully saturated rings. The highest BCUT2D eigenvalue weighted by Crippen LogP contribution is 2.28. The van der Waals surface area contributed by atoms with Crippen LogP contribution >= 0.6 is 39.1 Å². The van der Waals surface area contributed by atoms with E-state index in [1.807, 2.05) is 0 Å². The van der Waals surface area contributed by atoms with Crippen LogP contribution in [-0.4, -0.2) is 8.42 Å². The first-order valence-corrected chi connectivity index (χ1v) is 8.26. The number of hydrogen-bond donors (Lipinski definition) is 1. The van der Waals surface area contributed by atoms with Crippen molar-refractivity contribution in [2.45, 2.75) is 4.90 Å². The quantitative estimate of drug-likeness (QED) is 0.814. The summed E-state index contributed by atoms with van der Waals surface area (Å²) in [5, 5.41) is 0.378. The Kier molecular flexibility index (Phi) is 4.59. The minimum Gasteiger partial charge on any atom is -0.280 e. The average molecular weight is 399 g/mol. The molecule has 0 amide bonds. The van der Waals surface area contributed by atoms with Crippen molar-refractivity contribution in [2.24, 2.45) is 0 Å². The molecule has 0 aliphatic rings. The highest BCUT2D eigenvalue weighted by molar-refractivity contribution is 9.10. The zero-order valence-electron chi connectivity index (χ0n) is 9.70. The van der Waals surface area contributed by atoms with Gasteiger partial charge in [0.05, 0.1) is 15.7 Å². The lowest BCUT2D eigenvalue weighted by molar-refractivity contribution is 0.595. The van der Waals surface area contributed by atoms with Gasteiger partial charge < -0.3 is 0 Å².